The van der Waals surface area contributed by atoms with Crippen LogP contribution in [0.2, 0.25) is 0 Å². The fraction of sp³-hybridized carbons (Fsp3) is 0.500. The summed E-state index contributed by atoms with van der Waals surface area (Å²) >= 11 is 1.90. The number of benzene rings is 1. The first-order valence-corrected chi connectivity index (χ1v) is 11.3. The number of aliphatic imine (C=N–C) groups is 1. The van der Waals surface area contributed by atoms with E-state index in [1.165, 1.54) is 17.7 Å². The van der Waals surface area contributed by atoms with E-state index in [4.69, 9.17) is 4.74 Å². The minimum atomic E-state index is 0. The van der Waals surface area contributed by atoms with Gasteiger partial charge in [-0.25, -0.2) is 0 Å². The second-order valence-corrected chi connectivity index (χ2v) is 8.55. The van der Waals surface area contributed by atoms with E-state index in [0.717, 1.165) is 64.1 Å². The molecule has 1 aromatic carbocycles. The van der Waals surface area contributed by atoms with Crippen LogP contribution in [0.5, 0.6) is 5.75 Å². The van der Waals surface area contributed by atoms with Crippen molar-refractivity contribution in [2.75, 3.05) is 64.9 Å². The maximum atomic E-state index is 5.36. The Bertz CT molecular complexity index is 834. The summed E-state index contributed by atoms with van der Waals surface area (Å²) in [6.45, 7) is 8.14. The van der Waals surface area contributed by atoms with Crippen LogP contribution >= 0.6 is 35.3 Å². The molecule has 1 aromatic heterocycles. The Morgan fingerprint density at radius 3 is 2.77 bits per heavy atom. The van der Waals surface area contributed by atoms with Gasteiger partial charge in [-0.15, -0.1) is 35.3 Å². The van der Waals surface area contributed by atoms with Gasteiger partial charge in [0.25, 0.3) is 0 Å². The summed E-state index contributed by atoms with van der Waals surface area (Å²) in [6.07, 6.45) is 1.19. The summed E-state index contributed by atoms with van der Waals surface area (Å²) in [5.41, 5.74) is 2.74. The number of nitrogens with one attached hydrogen (secondary N) is 1. The van der Waals surface area contributed by atoms with Gasteiger partial charge in [0.1, 0.15) is 5.75 Å². The van der Waals surface area contributed by atoms with Gasteiger partial charge in [0.15, 0.2) is 5.96 Å². The van der Waals surface area contributed by atoms with E-state index in [2.05, 4.69) is 54.7 Å². The molecular formula is C22H32IN5OS. The third kappa shape index (κ3) is 5.59. The van der Waals surface area contributed by atoms with Crippen molar-refractivity contribution in [3.05, 3.63) is 46.2 Å². The van der Waals surface area contributed by atoms with Gasteiger partial charge < -0.3 is 19.9 Å². The number of hydrogen-bond donors (Lipinski definition) is 1. The lowest BCUT2D eigenvalue weighted by Crippen LogP contribution is -2.53. The third-order valence-electron chi connectivity index (χ3n) is 5.81. The average molecular weight is 542 g/mol. The molecule has 2 aliphatic heterocycles. The molecule has 4 rings (SSSR count). The molecule has 0 atom stereocenters. The highest BCUT2D eigenvalue weighted by atomic mass is 127. The lowest BCUT2D eigenvalue weighted by molar-refractivity contribution is 0.258. The van der Waals surface area contributed by atoms with Crippen molar-refractivity contribution in [2.24, 2.45) is 4.99 Å². The van der Waals surface area contributed by atoms with E-state index in [-0.39, 0.29) is 24.0 Å². The molecule has 3 heterocycles. The quantitative estimate of drug-likeness (QED) is 0.358. The normalized spacial score (nSPS) is 17.3. The molecule has 164 valence electrons. The molecule has 0 saturated carbocycles. The SMILES string of the molecule is CN=C(NCCN1CCc2sccc2C1)N1CCN(c2cccc(OC)c2)CC1.I. The largest absolute Gasteiger partial charge is 0.497 e. The van der Waals surface area contributed by atoms with Crippen LogP contribution in [0.1, 0.15) is 10.4 Å². The monoisotopic (exact) mass is 541 g/mol. The first-order chi connectivity index (χ1) is 14.3. The first kappa shape index (κ1) is 23.1. The number of rotatable bonds is 5. The topological polar surface area (TPSA) is 43.3 Å². The van der Waals surface area contributed by atoms with Gasteiger partial charge in [0, 0.05) is 76.0 Å². The fourth-order valence-electron chi connectivity index (χ4n) is 4.14. The number of anilines is 1. The Labute approximate surface area is 200 Å². The maximum absolute atomic E-state index is 5.36. The Hall–Kier alpha value is -1.52. The van der Waals surface area contributed by atoms with Gasteiger partial charge in [-0.05, 0) is 35.6 Å². The zero-order chi connectivity index (χ0) is 20.1. The molecule has 0 spiro atoms. The number of methoxy groups -OCH3 is 1. The molecule has 2 aliphatic rings. The summed E-state index contributed by atoms with van der Waals surface area (Å²) < 4.78 is 5.36. The van der Waals surface area contributed by atoms with E-state index in [0.29, 0.717) is 0 Å². The smallest absolute Gasteiger partial charge is 0.193 e. The van der Waals surface area contributed by atoms with Gasteiger partial charge in [0.05, 0.1) is 7.11 Å². The Balaban J connectivity index is 0.00000256. The van der Waals surface area contributed by atoms with Gasteiger partial charge in [0.2, 0.25) is 0 Å². The van der Waals surface area contributed by atoms with Crippen molar-refractivity contribution in [1.82, 2.24) is 15.1 Å². The second-order valence-electron chi connectivity index (χ2n) is 7.54. The second kappa shape index (κ2) is 11.2. The Morgan fingerprint density at radius 1 is 1.17 bits per heavy atom. The number of fused-ring (bicyclic) bond motifs is 1. The lowest BCUT2D eigenvalue weighted by atomic mass is 10.1. The van der Waals surface area contributed by atoms with Crippen molar-refractivity contribution in [3.63, 3.8) is 0 Å². The van der Waals surface area contributed by atoms with Crippen molar-refractivity contribution in [3.8, 4) is 5.75 Å². The first-order valence-electron chi connectivity index (χ1n) is 10.4. The molecule has 1 fully saturated rings. The minimum absolute atomic E-state index is 0. The predicted molar refractivity (Wildman–Crippen MR) is 137 cm³/mol. The lowest BCUT2D eigenvalue weighted by Gasteiger charge is -2.38. The van der Waals surface area contributed by atoms with E-state index in [1.807, 2.05) is 24.5 Å². The Morgan fingerprint density at radius 2 is 2.00 bits per heavy atom. The average Bonchev–Trinajstić information content (AvgIpc) is 3.25. The summed E-state index contributed by atoms with van der Waals surface area (Å²) in [6, 6.07) is 10.6. The summed E-state index contributed by atoms with van der Waals surface area (Å²) in [7, 11) is 3.60. The van der Waals surface area contributed by atoms with E-state index >= 15 is 0 Å². The molecule has 1 N–H and O–H groups in total. The molecule has 0 bridgehead atoms. The fourth-order valence-corrected chi connectivity index (χ4v) is 5.03. The molecule has 1 saturated heterocycles. The van der Waals surface area contributed by atoms with E-state index in [1.54, 1.807) is 12.0 Å². The molecule has 0 aliphatic carbocycles. The standard InChI is InChI=1S/C22H31N5OS.HI/c1-23-22(24-8-10-25-9-6-21-18(17-25)7-15-29-21)27-13-11-26(12-14-27)19-4-3-5-20(16-19)28-2;/h3-5,7,15-16H,6,8-14,17H2,1-2H3,(H,23,24);1H. The molecule has 30 heavy (non-hydrogen) atoms. The van der Waals surface area contributed by atoms with Crippen LogP contribution in [0.25, 0.3) is 0 Å². The molecule has 2 aromatic rings. The van der Waals surface area contributed by atoms with Crippen LogP contribution in [0.4, 0.5) is 5.69 Å². The van der Waals surface area contributed by atoms with Crippen LogP contribution in [0.15, 0.2) is 40.7 Å². The van der Waals surface area contributed by atoms with Gasteiger partial charge >= 0.3 is 0 Å². The maximum Gasteiger partial charge on any atom is 0.193 e. The summed E-state index contributed by atoms with van der Waals surface area (Å²) in [4.78, 5) is 13.4. The molecule has 8 heteroatoms. The highest BCUT2D eigenvalue weighted by Gasteiger charge is 2.21. The van der Waals surface area contributed by atoms with Gasteiger partial charge in [-0.3, -0.25) is 9.89 Å². The number of ether oxygens (including phenoxy) is 1. The van der Waals surface area contributed by atoms with Gasteiger partial charge in [-0.1, -0.05) is 6.07 Å². The Kier molecular flexibility index (Phi) is 8.64. The minimum Gasteiger partial charge on any atom is -0.497 e. The van der Waals surface area contributed by atoms with Crippen molar-refractivity contribution < 1.29 is 4.74 Å². The van der Waals surface area contributed by atoms with Crippen molar-refractivity contribution in [1.29, 1.82) is 0 Å². The molecular weight excluding hydrogens is 509 g/mol. The summed E-state index contributed by atoms with van der Waals surface area (Å²) in [5, 5.41) is 5.80. The molecule has 0 unspecified atom stereocenters. The van der Waals surface area contributed by atoms with Crippen LogP contribution < -0.4 is 15.0 Å². The van der Waals surface area contributed by atoms with Crippen molar-refractivity contribution >= 4 is 47.0 Å². The summed E-state index contributed by atoms with van der Waals surface area (Å²) in [5.74, 6) is 1.93. The number of nitrogens with zero attached hydrogens (tertiary/aromatic N) is 4. The highest BCUT2D eigenvalue weighted by molar-refractivity contribution is 14.0. The number of thiophene rings is 1. The van der Waals surface area contributed by atoms with Crippen LogP contribution in [0, 0.1) is 0 Å². The predicted octanol–water partition coefficient (Wildman–Crippen LogP) is 3.13. The molecule has 0 radical (unpaired) electrons. The number of guanidine groups is 1. The zero-order valence-corrected chi connectivity index (χ0v) is 21.0. The zero-order valence-electron chi connectivity index (χ0n) is 17.8. The van der Waals surface area contributed by atoms with Crippen molar-refractivity contribution in [2.45, 2.75) is 13.0 Å². The van der Waals surface area contributed by atoms with Crippen LogP contribution in [-0.4, -0.2) is 75.7 Å². The highest BCUT2D eigenvalue weighted by Crippen LogP contribution is 2.24. The van der Waals surface area contributed by atoms with Crippen LogP contribution in [-0.2, 0) is 13.0 Å². The number of piperazine rings is 1. The van der Waals surface area contributed by atoms with E-state index < -0.39 is 0 Å². The number of halogens is 1. The molecule has 0 amide bonds. The number of hydrogen-bond acceptors (Lipinski definition) is 5. The van der Waals surface area contributed by atoms with Crippen LogP contribution in [0.3, 0.4) is 0 Å². The van der Waals surface area contributed by atoms with E-state index in [9.17, 15) is 0 Å². The third-order valence-corrected chi connectivity index (χ3v) is 6.83. The van der Waals surface area contributed by atoms with Gasteiger partial charge in [-0.2, -0.15) is 0 Å². The molecule has 6 nitrogen and oxygen atoms in total.